The molecule has 5 N–H and O–H groups in total. The molecular weight excluding hydrogens is 467 g/mol. The van der Waals surface area contributed by atoms with E-state index in [4.69, 9.17) is 20.5 Å². The summed E-state index contributed by atoms with van der Waals surface area (Å²) in [6, 6.07) is 0. The fourth-order valence-electron chi connectivity index (χ4n) is 5.15. The molecule has 0 saturated heterocycles. The molecule has 0 aliphatic heterocycles. The molecule has 2 atom stereocenters. The fourth-order valence-corrected chi connectivity index (χ4v) is 5.86. The van der Waals surface area contributed by atoms with Gasteiger partial charge in [0.1, 0.15) is 11.5 Å². The van der Waals surface area contributed by atoms with Gasteiger partial charge in [-0.05, 0) is 57.8 Å². The van der Waals surface area contributed by atoms with Crippen molar-refractivity contribution in [3.8, 4) is 0 Å². The second kappa shape index (κ2) is 10.2. The van der Waals surface area contributed by atoms with E-state index in [0.717, 1.165) is 24.0 Å². The first-order valence-electron chi connectivity index (χ1n) is 13.2. The molecule has 0 bridgehead atoms. The quantitative estimate of drug-likeness (QED) is 0.312. The highest BCUT2D eigenvalue weighted by Crippen LogP contribution is 2.55. The fraction of sp³-hybridized carbons (Fsp3) is 0.733. The smallest absolute Gasteiger partial charge is 0.418 e. The van der Waals surface area contributed by atoms with Gasteiger partial charge in [-0.15, -0.1) is 0 Å². The molecule has 0 heterocycles. The SMILES string of the molecule is CC(C)(C)C1=C(OP(O)OC2=C(C(C)(C)C)CC(CN)(C(C)(C)C)C=C2)C=CC(CN)(C(C)(C)C)C1. The van der Waals surface area contributed by atoms with E-state index in [-0.39, 0.29) is 32.5 Å². The number of hydrogen-bond donors (Lipinski definition) is 3. The van der Waals surface area contributed by atoms with Gasteiger partial charge >= 0.3 is 8.60 Å². The van der Waals surface area contributed by atoms with E-state index in [9.17, 15) is 4.89 Å². The van der Waals surface area contributed by atoms with Crippen LogP contribution in [0.15, 0.2) is 47.0 Å². The van der Waals surface area contributed by atoms with Crippen LogP contribution in [0.1, 0.15) is 95.9 Å². The predicted octanol–water partition coefficient (Wildman–Crippen LogP) is 7.74. The van der Waals surface area contributed by atoms with Gasteiger partial charge in [0.15, 0.2) is 0 Å². The molecular formula is C30H53N2O3P. The normalized spacial score (nSPS) is 27.0. The Morgan fingerprint density at radius 3 is 1.22 bits per heavy atom. The van der Waals surface area contributed by atoms with Crippen LogP contribution >= 0.6 is 8.60 Å². The first-order valence-corrected chi connectivity index (χ1v) is 14.4. The van der Waals surface area contributed by atoms with E-state index in [1.807, 2.05) is 12.2 Å². The average molecular weight is 521 g/mol. The Balaban J connectivity index is 2.40. The lowest BCUT2D eigenvalue weighted by Crippen LogP contribution is -2.43. The van der Waals surface area contributed by atoms with Gasteiger partial charge in [0, 0.05) is 23.9 Å². The first-order chi connectivity index (χ1) is 16.1. The standard InChI is InChI=1S/C30H53N2O3P/c1-25(2,3)21-17-29(19-31,27(7,8)9)15-13-23(21)34-36(33)35-24-14-16-30(20-32,28(10,11)12)18-22(24)26(4,5)6/h13-16,33H,17-20,31-32H2,1-12H3. The Morgan fingerprint density at radius 2 is 1.00 bits per heavy atom. The summed E-state index contributed by atoms with van der Waals surface area (Å²) in [4.78, 5) is 11.0. The minimum atomic E-state index is -2.18. The van der Waals surface area contributed by atoms with E-state index >= 15 is 0 Å². The molecule has 2 aliphatic carbocycles. The predicted molar refractivity (Wildman–Crippen MR) is 154 cm³/mol. The summed E-state index contributed by atoms with van der Waals surface area (Å²) in [5.74, 6) is 1.38. The molecule has 0 fully saturated rings. The maximum absolute atomic E-state index is 11.0. The van der Waals surface area contributed by atoms with E-state index in [1.165, 1.54) is 0 Å². The molecule has 0 aromatic rings. The zero-order chi connectivity index (χ0) is 28.0. The Labute approximate surface area is 222 Å². The monoisotopic (exact) mass is 520 g/mol. The zero-order valence-corrected chi connectivity index (χ0v) is 25.9. The summed E-state index contributed by atoms with van der Waals surface area (Å²) in [7, 11) is -2.18. The van der Waals surface area contributed by atoms with Crippen molar-refractivity contribution in [2.75, 3.05) is 13.1 Å². The summed E-state index contributed by atoms with van der Waals surface area (Å²) in [5, 5.41) is 0. The molecule has 0 spiro atoms. The van der Waals surface area contributed by atoms with Crippen molar-refractivity contribution in [3.05, 3.63) is 47.0 Å². The topological polar surface area (TPSA) is 90.7 Å². The van der Waals surface area contributed by atoms with E-state index in [0.29, 0.717) is 24.6 Å². The molecule has 0 radical (unpaired) electrons. The summed E-state index contributed by atoms with van der Waals surface area (Å²) in [5.41, 5.74) is 14.3. The lowest BCUT2D eigenvalue weighted by molar-refractivity contribution is 0.136. The minimum absolute atomic E-state index is 0.0113. The molecule has 2 unspecified atom stereocenters. The van der Waals surface area contributed by atoms with Crippen molar-refractivity contribution in [1.82, 2.24) is 0 Å². The summed E-state index contributed by atoms with van der Waals surface area (Å²) in [6.07, 6.45) is 9.88. The van der Waals surface area contributed by atoms with Gasteiger partial charge in [-0.25, -0.2) is 0 Å². The van der Waals surface area contributed by atoms with Crippen molar-refractivity contribution in [1.29, 1.82) is 0 Å². The maximum atomic E-state index is 11.0. The van der Waals surface area contributed by atoms with Crippen molar-refractivity contribution in [2.24, 2.45) is 44.0 Å². The summed E-state index contributed by atoms with van der Waals surface area (Å²) >= 11 is 0. The molecule has 206 valence electrons. The highest BCUT2D eigenvalue weighted by molar-refractivity contribution is 7.40. The first kappa shape index (κ1) is 31.1. The van der Waals surface area contributed by atoms with Gasteiger partial charge < -0.3 is 25.4 Å². The Morgan fingerprint density at radius 1 is 0.694 bits per heavy atom. The van der Waals surface area contributed by atoms with Crippen LogP contribution in [0.4, 0.5) is 0 Å². The van der Waals surface area contributed by atoms with Crippen LogP contribution in [0, 0.1) is 32.5 Å². The third-order valence-corrected chi connectivity index (χ3v) is 9.27. The van der Waals surface area contributed by atoms with E-state index < -0.39 is 8.60 Å². The Kier molecular flexibility index (Phi) is 8.82. The lowest BCUT2D eigenvalue weighted by atomic mass is 9.59. The van der Waals surface area contributed by atoms with Crippen LogP contribution in [0.2, 0.25) is 0 Å². The Bertz CT molecular complexity index is 859. The number of nitrogens with two attached hydrogens (primary N) is 2. The number of rotatable bonds is 6. The lowest BCUT2D eigenvalue weighted by Gasteiger charge is -2.47. The molecule has 0 amide bonds. The molecule has 5 nitrogen and oxygen atoms in total. The molecule has 0 saturated carbocycles. The largest absolute Gasteiger partial charge is 0.460 e. The van der Waals surface area contributed by atoms with Crippen LogP contribution in [0.3, 0.4) is 0 Å². The highest BCUT2D eigenvalue weighted by atomic mass is 31.2. The number of hydrogen-bond acceptors (Lipinski definition) is 5. The van der Waals surface area contributed by atoms with Crippen LogP contribution < -0.4 is 11.5 Å². The maximum Gasteiger partial charge on any atom is 0.460 e. The van der Waals surface area contributed by atoms with Crippen LogP contribution in [0.25, 0.3) is 0 Å². The third-order valence-electron chi connectivity index (χ3n) is 8.57. The van der Waals surface area contributed by atoms with Crippen molar-refractivity contribution >= 4 is 8.60 Å². The number of allylic oxidation sites excluding steroid dienone is 4. The van der Waals surface area contributed by atoms with Gasteiger partial charge in [0.2, 0.25) is 0 Å². The van der Waals surface area contributed by atoms with Gasteiger partial charge in [-0.2, -0.15) is 0 Å². The molecule has 6 heteroatoms. The molecule has 0 aromatic carbocycles. The van der Waals surface area contributed by atoms with Crippen LogP contribution in [-0.4, -0.2) is 18.0 Å². The average Bonchev–Trinajstić information content (AvgIpc) is 2.71. The zero-order valence-electron chi connectivity index (χ0n) is 25.0. The van der Waals surface area contributed by atoms with Crippen molar-refractivity contribution in [3.63, 3.8) is 0 Å². The summed E-state index contributed by atoms with van der Waals surface area (Å²) < 4.78 is 12.3. The molecule has 2 rings (SSSR count). The van der Waals surface area contributed by atoms with Crippen LogP contribution in [-0.2, 0) is 9.05 Å². The van der Waals surface area contributed by atoms with Gasteiger partial charge in [-0.3, -0.25) is 0 Å². The van der Waals surface area contributed by atoms with Crippen molar-refractivity contribution < 1.29 is 13.9 Å². The van der Waals surface area contributed by atoms with E-state index in [2.05, 4.69) is 95.2 Å². The second-order valence-electron chi connectivity index (χ2n) is 14.8. The summed E-state index contributed by atoms with van der Waals surface area (Å²) in [6.45, 7) is 27.5. The van der Waals surface area contributed by atoms with E-state index in [1.54, 1.807) is 0 Å². The van der Waals surface area contributed by atoms with Gasteiger partial charge in [-0.1, -0.05) is 95.2 Å². The molecule has 36 heavy (non-hydrogen) atoms. The molecule has 0 aromatic heterocycles. The third kappa shape index (κ3) is 6.29. The Hall–Kier alpha value is -1.13. The van der Waals surface area contributed by atoms with Gasteiger partial charge in [0.25, 0.3) is 0 Å². The molecule has 2 aliphatic rings. The van der Waals surface area contributed by atoms with Gasteiger partial charge in [0.05, 0.1) is 0 Å². The van der Waals surface area contributed by atoms with Crippen molar-refractivity contribution in [2.45, 2.75) is 95.9 Å². The van der Waals surface area contributed by atoms with Crippen LogP contribution in [0.5, 0.6) is 0 Å². The highest BCUT2D eigenvalue weighted by Gasteiger charge is 2.45. The second-order valence-corrected chi connectivity index (χ2v) is 15.7. The minimum Gasteiger partial charge on any atom is -0.418 e.